The Morgan fingerprint density at radius 3 is 3.00 bits per heavy atom. The van der Waals surface area contributed by atoms with Gasteiger partial charge in [-0.05, 0) is 19.1 Å². The van der Waals surface area contributed by atoms with Crippen LogP contribution >= 0.6 is 23.6 Å². The molecule has 0 saturated heterocycles. The first kappa shape index (κ1) is 10.2. The molecule has 1 aromatic heterocycles. The number of aromatic nitrogens is 1. The third-order valence-electron chi connectivity index (χ3n) is 1.35. The zero-order valence-corrected chi connectivity index (χ0v) is 8.65. The summed E-state index contributed by atoms with van der Waals surface area (Å²) in [5.74, 6) is -0.393. The fourth-order valence-corrected chi connectivity index (χ4v) is 1.73. The number of esters is 1. The van der Waals surface area contributed by atoms with Crippen molar-refractivity contribution in [1.29, 1.82) is 0 Å². The summed E-state index contributed by atoms with van der Waals surface area (Å²) in [5, 5.41) is 10.7. The van der Waals surface area contributed by atoms with Gasteiger partial charge < -0.3 is 9.84 Å². The zero-order valence-electron chi connectivity index (χ0n) is 7.02. The molecule has 0 fully saturated rings. The summed E-state index contributed by atoms with van der Waals surface area (Å²) in [6.45, 7) is 2.03. The predicted molar refractivity (Wildman–Crippen MR) is 51.4 cm³/mol. The number of thiazole rings is 1. The van der Waals surface area contributed by atoms with E-state index in [2.05, 4.69) is 0 Å². The first-order valence-corrected chi connectivity index (χ1v) is 4.97. The molecule has 0 spiro atoms. The minimum Gasteiger partial charge on any atom is -0.494 e. The second-order valence-electron chi connectivity index (χ2n) is 2.25. The third-order valence-corrected chi connectivity index (χ3v) is 2.61. The number of hydrogen-bond acceptors (Lipinski definition) is 5. The summed E-state index contributed by atoms with van der Waals surface area (Å²) < 4.78 is 6.51. The minimum atomic E-state index is -0.396. The summed E-state index contributed by atoms with van der Waals surface area (Å²) in [5.41, 5.74) is 0. The highest BCUT2D eigenvalue weighted by Crippen LogP contribution is 2.16. The molecule has 72 valence electrons. The normalized spacial score (nSPS) is 9.92. The van der Waals surface area contributed by atoms with E-state index in [-0.39, 0.29) is 12.4 Å². The smallest absolute Gasteiger partial charge is 0.326 e. The molecule has 0 atom stereocenters. The molecule has 0 unspecified atom stereocenters. The van der Waals surface area contributed by atoms with Crippen LogP contribution in [0.3, 0.4) is 0 Å². The number of carbonyl (C=O) groups is 1. The van der Waals surface area contributed by atoms with Crippen LogP contribution < -0.4 is 0 Å². The van der Waals surface area contributed by atoms with E-state index in [1.807, 2.05) is 0 Å². The number of rotatable bonds is 3. The molecule has 1 N–H and O–H groups in total. The largest absolute Gasteiger partial charge is 0.494 e. The molecule has 0 saturated carbocycles. The van der Waals surface area contributed by atoms with Crippen LogP contribution in [0.2, 0.25) is 0 Å². The molecule has 4 nitrogen and oxygen atoms in total. The standard InChI is InChI=1S/C7H9NO3S2/c1-2-11-6(10)3-8-5(9)4-13-7(8)12/h4,9H,2-3H2,1H3. The van der Waals surface area contributed by atoms with E-state index in [0.717, 1.165) is 0 Å². The summed E-state index contributed by atoms with van der Waals surface area (Å²) in [7, 11) is 0. The maximum atomic E-state index is 11.0. The van der Waals surface area contributed by atoms with Crippen LogP contribution in [0.1, 0.15) is 6.92 Å². The minimum absolute atomic E-state index is 0.00283. The molecule has 1 rings (SSSR count). The molecule has 0 aliphatic carbocycles. The highest BCUT2D eigenvalue weighted by molar-refractivity contribution is 7.73. The molecular formula is C7H9NO3S2. The Hall–Kier alpha value is -0.880. The van der Waals surface area contributed by atoms with Crippen molar-refractivity contribution >= 4 is 29.5 Å². The quantitative estimate of drug-likeness (QED) is 0.619. The number of carbonyl (C=O) groups excluding carboxylic acids is 1. The Balaban J connectivity index is 2.74. The van der Waals surface area contributed by atoms with Crippen LogP contribution in [-0.2, 0) is 16.1 Å². The van der Waals surface area contributed by atoms with Gasteiger partial charge in [0, 0.05) is 0 Å². The van der Waals surface area contributed by atoms with Crippen LogP contribution in [0.25, 0.3) is 0 Å². The highest BCUT2D eigenvalue weighted by atomic mass is 32.1. The van der Waals surface area contributed by atoms with Gasteiger partial charge >= 0.3 is 5.97 Å². The van der Waals surface area contributed by atoms with Crippen LogP contribution in [0.4, 0.5) is 0 Å². The first-order valence-electron chi connectivity index (χ1n) is 3.68. The molecule has 1 aromatic rings. The summed E-state index contributed by atoms with van der Waals surface area (Å²) in [6, 6.07) is 0. The maximum absolute atomic E-state index is 11.0. The molecule has 1 heterocycles. The molecule has 0 amide bonds. The fraction of sp³-hybridized carbons (Fsp3) is 0.429. The Labute approximate surface area is 84.4 Å². The molecule has 0 aliphatic heterocycles. The van der Waals surface area contributed by atoms with Gasteiger partial charge in [0.2, 0.25) is 5.88 Å². The number of nitrogens with zero attached hydrogens (tertiary/aromatic N) is 1. The Morgan fingerprint density at radius 1 is 1.85 bits per heavy atom. The number of aromatic hydroxyl groups is 1. The van der Waals surface area contributed by atoms with Crippen molar-refractivity contribution in [1.82, 2.24) is 4.57 Å². The van der Waals surface area contributed by atoms with Crippen molar-refractivity contribution in [3.63, 3.8) is 0 Å². The van der Waals surface area contributed by atoms with Crippen LogP contribution in [-0.4, -0.2) is 22.2 Å². The van der Waals surface area contributed by atoms with Crippen LogP contribution in [0.15, 0.2) is 5.38 Å². The van der Waals surface area contributed by atoms with Crippen molar-refractivity contribution in [2.75, 3.05) is 6.61 Å². The van der Waals surface area contributed by atoms with E-state index < -0.39 is 5.97 Å². The fourth-order valence-electron chi connectivity index (χ4n) is 0.805. The van der Waals surface area contributed by atoms with Crippen molar-refractivity contribution in [2.24, 2.45) is 0 Å². The van der Waals surface area contributed by atoms with Gasteiger partial charge in [-0.15, -0.1) is 11.3 Å². The lowest BCUT2D eigenvalue weighted by Gasteiger charge is -2.03. The van der Waals surface area contributed by atoms with Crippen molar-refractivity contribution in [3.8, 4) is 5.88 Å². The van der Waals surface area contributed by atoms with Crippen LogP contribution in [0, 0.1) is 3.95 Å². The van der Waals surface area contributed by atoms with Gasteiger partial charge in [0.25, 0.3) is 0 Å². The Kier molecular flexibility index (Phi) is 3.44. The van der Waals surface area contributed by atoms with Crippen molar-refractivity contribution in [3.05, 3.63) is 9.33 Å². The van der Waals surface area contributed by atoms with E-state index in [9.17, 15) is 9.90 Å². The summed E-state index contributed by atoms with van der Waals surface area (Å²) in [4.78, 5) is 11.0. The predicted octanol–water partition coefficient (Wildman–Crippen LogP) is 1.55. The van der Waals surface area contributed by atoms with Crippen LogP contribution in [0.5, 0.6) is 5.88 Å². The number of hydrogen-bond donors (Lipinski definition) is 1. The first-order chi connectivity index (χ1) is 6.15. The monoisotopic (exact) mass is 219 g/mol. The van der Waals surface area contributed by atoms with E-state index in [1.165, 1.54) is 21.3 Å². The number of ether oxygens (including phenoxy) is 1. The molecule has 0 bridgehead atoms. The topological polar surface area (TPSA) is 51.5 Å². The average Bonchev–Trinajstić information content (AvgIpc) is 2.36. The molecule has 6 heteroatoms. The molecule has 0 aromatic carbocycles. The van der Waals surface area contributed by atoms with E-state index >= 15 is 0 Å². The molecular weight excluding hydrogens is 210 g/mol. The van der Waals surface area contributed by atoms with E-state index in [0.29, 0.717) is 10.6 Å². The second kappa shape index (κ2) is 4.38. The van der Waals surface area contributed by atoms with Gasteiger partial charge in [0.15, 0.2) is 3.95 Å². The van der Waals surface area contributed by atoms with Crippen molar-refractivity contribution < 1.29 is 14.6 Å². The Morgan fingerprint density at radius 2 is 2.54 bits per heavy atom. The molecule has 13 heavy (non-hydrogen) atoms. The lowest BCUT2D eigenvalue weighted by atomic mass is 10.6. The van der Waals surface area contributed by atoms with Gasteiger partial charge in [-0.1, -0.05) is 0 Å². The van der Waals surface area contributed by atoms with E-state index in [4.69, 9.17) is 17.0 Å². The Bertz CT molecular complexity index is 355. The highest BCUT2D eigenvalue weighted by Gasteiger charge is 2.08. The zero-order chi connectivity index (χ0) is 9.84. The van der Waals surface area contributed by atoms with Gasteiger partial charge in [-0.25, -0.2) is 0 Å². The van der Waals surface area contributed by atoms with E-state index in [1.54, 1.807) is 6.92 Å². The average molecular weight is 219 g/mol. The molecule has 0 aliphatic rings. The third kappa shape index (κ3) is 2.53. The maximum Gasteiger partial charge on any atom is 0.326 e. The van der Waals surface area contributed by atoms with Gasteiger partial charge in [0.05, 0.1) is 12.0 Å². The SMILES string of the molecule is CCOC(=O)Cn1c(O)csc1=S. The summed E-state index contributed by atoms with van der Waals surface area (Å²) >= 11 is 6.10. The van der Waals surface area contributed by atoms with Gasteiger partial charge in [0.1, 0.15) is 6.54 Å². The molecule has 0 radical (unpaired) electrons. The van der Waals surface area contributed by atoms with Gasteiger partial charge in [-0.3, -0.25) is 9.36 Å². The van der Waals surface area contributed by atoms with Crippen molar-refractivity contribution in [2.45, 2.75) is 13.5 Å². The van der Waals surface area contributed by atoms with Gasteiger partial charge in [-0.2, -0.15) is 0 Å². The summed E-state index contributed by atoms with van der Waals surface area (Å²) in [6.07, 6.45) is 0. The second-order valence-corrected chi connectivity index (χ2v) is 3.75. The lowest BCUT2D eigenvalue weighted by molar-refractivity contribution is -0.143. The lowest BCUT2D eigenvalue weighted by Crippen LogP contribution is -2.12.